The van der Waals surface area contributed by atoms with Gasteiger partial charge in [-0.05, 0) is 81.2 Å². The number of nitrogens with zero attached hydrogens (tertiary/aromatic N) is 1. The molecule has 2 aromatic carbocycles. The lowest BCUT2D eigenvalue weighted by molar-refractivity contribution is -0.166. The van der Waals surface area contributed by atoms with Crippen LogP contribution in [0.5, 0.6) is 5.75 Å². The van der Waals surface area contributed by atoms with Crippen molar-refractivity contribution in [2.24, 2.45) is 17.8 Å². The monoisotopic (exact) mass is 548 g/mol. The SMILES string of the molecule is CCOC(=O)CCc1ccc(C#N)c(OC(C(=O)O)(C(C)C)[C@H](C)CNC(C)(C)CC2Cc3ccccc3C2)c1. The molecule has 2 aromatic rings. The van der Waals surface area contributed by atoms with Crippen LogP contribution in [0, 0.1) is 29.1 Å². The maximum Gasteiger partial charge on any atom is 0.348 e. The van der Waals surface area contributed by atoms with E-state index in [1.807, 2.05) is 20.8 Å². The Morgan fingerprint density at radius 2 is 1.77 bits per heavy atom. The molecule has 0 fully saturated rings. The smallest absolute Gasteiger partial charge is 0.348 e. The number of nitriles is 1. The Labute approximate surface area is 238 Å². The first-order valence-electron chi connectivity index (χ1n) is 14.3. The molecule has 0 amide bonds. The van der Waals surface area contributed by atoms with E-state index in [1.54, 1.807) is 25.1 Å². The number of esters is 1. The summed E-state index contributed by atoms with van der Waals surface area (Å²) in [7, 11) is 0. The van der Waals surface area contributed by atoms with Crippen LogP contribution in [-0.2, 0) is 33.6 Å². The molecular formula is C33H44N2O5. The molecule has 1 unspecified atom stereocenters. The third-order valence-electron chi connectivity index (χ3n) is 8.11. The van der Waals surface area contributed by atoms with Crippen LogP contribution in [0.1, 0.15) is 76.6 Å². The lowest BCUT2D eigenvalue weighted by Gasteiger charge is -2.41. The van der Waals surface area contributed by atoms with Gasteiger partial charge in [0.15, 0.2) is 0 Å². The molecule has 40 heavy (non-hydrogen) atoms. The minimum Gasteiger partial charge on any atom is -0.478 e. The van der Waals surface area contributed by atoms with Gasteiger partial charge in [0.25, 0.3) is 0 Å². The lowest BCUT2D eigenvalue weighted by atomic mass is 9.78. The molecule has 0 radical (unpaired) electrons. The summed E-state index contributed by atoms with van der Waals surface area (Å²) >= 11 is 0. The molecule has 7 nitrogen and oxygen atoms in total. The number of hydrogen-bond donors (Lipinski definition) is 2. The fourth-order valence-electron chi connectivity index (χ4n) is 6.02. The number of carboxylic acids is 1. The molecule has 0 saturated carbocycles. The Kier molecular flexibility index (Phi) is 10.4. The molecule has 0 bridgehead atoms. The van der Waals surface area contributed by atoms with E-state index in [-0.39, 0.29) is 35.2 Å². The summed E-state index contributed by atoms with van der Waals surface area (Å²) < 4.78 is 11.4. The van der Waals surface area contributed by atoms with Crippen molar-refractivity contribution >= 4 is 11.9 Å². The molecule has 0 spiro atoms. The van der Waals surface area contributed by atoms with Crippen molar-refractivity contribution in [2.45, 2.75) is 84.8 Å². The molecule has 2 N–H and O–H groups in total. The van der Waals surface area contributed by atoms with E-state index in [9.17, 15) is 20.0 Å². The summed E-state index contributed by atoms with van der Waals surface area (Å²) in [6, 6.07) is 15.8. The average molecular weight is 549 g/mol. The number of aliphatic carboxylic acids is 1. The number of nitrogens with one attached hydrogen (secondary N) is 1. The van der Waals surface area contributed by atoms with Crippen molar-refractivity contribution in [2.75, 3.05) is 13.2 Å². The molecule has 1 aliphatic carbocycles. The summed E-state index contributed by atoms with van der Waals surface area (Å²) in [5.41, 5.74) is 2.10. The summed E-state index contributed by atoms with van der Waals surface area (Å²) in [4.78, 5) is 24.8. The first kappa shape index (κ1) is 31.2. The first-order valence-corrected chi connectivity index (χ1v) is 14.3. The molecule has 1 aliphatic rings. The van der Waals surface area contributed by atoms with Crippen molar-refractivity contribution in [1.29, 1.82) is 5.26 Å². The Hall–Kier alpha value is -3.37. The molecule has 0 aliphatic heterocycles. The van der Waals surface area contributed by atoms with Crippen LogP contribution in [0.15, 0.2) is 42.5 Å². The number of carboxylic acid groups (broad SMARTS) is 1. The highest BCUT2D eigenvalue weighted by Crippen LogP contribution is 2.36. The fraction of sp³-hybridized carbons (Fsp3) is 0.545. The van der Waals surface area contributed by atoms with Crippen LogP contribution in [0.2, 0.25) is 0 Å². The molecule has 3 rings (SSSR count). The van der Waals surface area contributed by atoms with Crippen molar-refractivity contribution in [1.82, 2.24) is 5.32 Å². The molecule has 0 heterocycles. The Morgan fingerprint density at radius 3 is 2.33 bits per heavy atom. The van der Waals surface area contributed by atoms with Crippen LogP contribution in [0.25, 0.3) is 0 Å². The van der Waals surface area contributed by atoms with E-state index in [2.05, 4.69) is 49.5 Å². The number of ether oxygens (including phenoxy) is 2. The largest absolute Gasteiger partial charge is 0.478 e. The second kappa shape index (κ2) is 13.3. The summed E-state index contributed by atoms with van der Waals surface area (Å²) in [6.07, 6.45) is 3.69. The van der Waals surface area contributed by atoms with Gasteiger partial charge in [-0.1, -0.05) is 51.1 Å². The zero-order chi connectivity index (χ0) is 29.5. The molecule has 2 atom stereocenters. The quantitative estimate of drug-likeness (QED) is 0.291. The van der Waals surface area contributed by atoms with Gasteiger partial charge >= 0.3 is 11.9 Å². The number of aryl methyl sites for hydroxylation is 1. The number of benzene rings is 2. The van der Waals surface area contributed by atoms with Gasteiger partial charge in [-0.15, -0.1) is 0 Å². The van der Waals surface area contributed by atoms with Crippen LogP contribution in [0.3, 0.4) is 0 Å². The number of hydrogen-bond acceptors (Lipinski definition) is 6. The van der Waals surface area contributed by atoms with Gasteiger partial charge in [-0.25, -0.2) is 4.79 Å². The maximum atomic E-state index is 12.9. The highest BCUT2D eigenvalue weighted by Gasteiger charge is 2.50. The highest BCUT2D eigenvalue weighted by atomic mass is 16.5. The molecular weight excluding hydrogens is 504 g/mol. The van der Waals surface area contributed by atoms with E-state index in [0.29, 0.717) is 25.5 Å². The predicted octanol–water partition coefficient (Wildman–Crippen LogP) is 5.72. The normalized spacial score (nSPS) is 15.7. The van der Waals surface area contributed by atoms with Gasteiger partial charge in [0.05, 0.1) is 12.2 Å². The zero-order valence-corrected chi connectivity index (χ0v) is 24.8. The number of rotatable bonds is 14. The number of fused-ring (bicyclic) bond motifs is 1. The van der Waals surface area contributed by atoms with Crippen LogP contribution in [-0.4, -0.2) is 41.3 Å². The second-order valence-electron chi connectivity index (χ2n) is 12.0. The van der Waals surface area contributed by atoms with Gasteiger partial charge in [0.1, 0.15) is 11.8 Å². The highest BCUT2D eigenvalue weighted by molar-refractivity contribution is 5.79. The third-order valence-corrected chi connectivity index (χ3v) is 8.11. The second-order valence-corrected chi connectivity index (χ2v) is 12.0. The molecule has 0 saturated heterocycles. The van der Waals surface area contributed by atoms with E-state index in [4.69, 9.17) is 9.47 Å². The standard InChI is InChI=1S/C33H44N2O5/c1-7-39-30(36)15-13-24-12-14-28(20-34)29(18-24)40-33(22(2)3,31(37)38)23(4)21-35-32(5,6)19-25-16-26-10-8-9-11-27(26)17-25/h8-12,14,18,22-23,25,35H,7,13,15-17,19,21H2,1-6H3,(H,37,38)/t23-,33?/m1/s1. The third kappa shape index (κ3) is 7.42. The van der Waals surface area contributed by atoms with Gasteiger partial charge in [0, 0.05) is 30.3 Å². The Morgan fingerprint density at radius 1 is 1.12 bits per heavy atom. The molecule has 216 valence electrons. The maximum absolute atomic E-state index is 12.9. The summed E-state index contributed by atoms with van der Waals surface area (Å²) in [6.45, 7) is 12.4. The number of carbonyl (C=O) groups is 2. The Bertz CT molecular complexity index is 1210. The van der Waals surface area contributed by atoms with Crippen LogP contribution < -0.4 is 10.1 Å². The van der Waals surface area contributed by atoms with Crippen molar-refractivity contribution in [3.63, 3.8) is 0 Å². The van der Waals surface area contributed by atoms with Crippen molar-refractivity contribution in [3.8, 4) is 11.8 Å². The van der Waals surface area contributed by atoms with E-state index in [1.165, 1.54) is 11.1 Å². The minimum absolute atomic E-state index is 0.189. The Balaban J connectivity index is 1.76. The molecule has 7 heteroatoms. The van der Waals surface area contributed by atoms with Gasteiger partial charge in [-0.3, -0.25) is 4.79 Å². The summed E-state index contributed by atoms with van der Waals surface area (Å²) in [5, 5.41) is 24.0. The van der Waals surface area contributed by atoms with Gasteiger partial charge < -0.3 is 19.9 Å². The average Bonchev–Trinajstić information content (AvgIpc) is 3.30. The van der Waals surface area contributed by atoms with Crippen LogP contribution in [0.4, 0.5) is 0 Å². The number of carbonyl (C=O) groups excluding carboxylic acids is 1. The van der Waals surface area contributed by atoms with Crippen molar-refractivity contribution in [3.05, 3.63) is 64.7 Å². The molecule has 0 aromatic heterocycles. The van der Waals surface area contributed by atoms with Gasteiger partial charge in [-0.2, -0.15) is 5.26 Å². The predicted molar refractivity (Wildman–Crippen MR) is 155 cm³/mol. The minimum atomic E-state index is -1.57. The van der Waals surface area contributed by atoms with E-state index >= 15 is 0 Å². The van der Waals surface area contributed by atoms with Gasteiger partial charge in [0.2, 0.25) is 5.60 Å². The first-order chi connectivity index (χ1) is 18.9. The topological polar surface area (TPSA) is 109 Å². The van der Waals surface area contributed by atoms with E-state index in [0.717, 1.165) is 24.8 Å². The fourth-order valence-corrected chi connectivity index (χ4v) is 6.02. The zero-order valence-electron chi connectivity index (χ0n) is 24.8. The van der Waals surface area contributed by atoms with E-state index < -0.39 is 17.5 Å². The van der Waals surface area contributed by atoms with Crippen molar-refractivity contribution < 1.29 is 24.2 Å². The lowest BCUT2D eigenvalue weighted by Crippen LogP contribution is -2.58. The van der Waals surface area contributed by atoms with Crippen LogP contribution >= 0.6 is 0 Å². The summed E-state index contributed by atoms with van der Waals surface area (Å²) in [5.74, 6) is -1.42.